The van der Waals surface area contributed by atoms with Crippen LogP contribution in [-0.2, 0) is 4.79 Å². The molecule has 0 aliphatic carbocycles. The van der Waals surface area contributed by atoms with E-state index in [0.717, 1.165) is 5.56 Å². The summed E-state index contributed by atoms with van der Waals surface area (Å²) in [5.74, 6) is 0.348. The number of hydrogen-bond donors (Lipinski definition) is 0. The van der Waals surface area contributed by atoms with Gasteiger partial charge in [0.25, 0.3) is 5.91 Å². The quantitative estimate of drug-likeness (QED) is 0.512. The summed E-state index contributed by atoms with van der Waals surface area (Å²) in [6.07, 6.45) is 3.35. The van der Waals surface area contributed by atoms with Gasteiger partial charge in [-0.05, 0) is 48.4 Å². The highest BCUT2D eigenvalue weighted by Gasteiger charge is 2.45. The number of anilines is 1. The van der Waals surface area contributed by atoms with E-state index in [4.69, 9.17) is 14.2 Å². The van der Waals surface area contributed by atoms with Crippen molar-refractivity contribution >= 4 is 17.5 Å². The van der Waals surface area contributed by atoms with E-state index in [9.17, 15) is 9.59 Å². The minimum absolute atomic E-state index is 0.196. The average molecular weight is 476 g/mol. The topological polar surface area (TPSA) is 81.2 Å². The highest BCUT2D eigenvalue weighted by atomic mass is 16.5. The Morgan fingerprint density at radius 1 is 1.06 bits per heavy atom. The van der Waals surface area contributed by atoms with Gasteiger partial charge in [-0.1, -0.05) is 18.2 Å². The smallest absolute Gasteiger partial charge is 0.254 e. The van der Waals surface area contributed by atoms with Gasteiger partial charge >= 0.3 is 0 Å². The molecule has 8 heteroatoms. The molecule has 3 aromatic rings. The van der Waals surface area contributed by atoms with Crippen LogP contribution in [0.25, 0.3) is 0 Å². The molecule has 0 fully saturated rings. The van der Waals surface area contributed by atoms with Crippen molar-refractivity contribution < 1.29 is 23.8 Å². The third-order valence-electron chi connectivity index (χ3n) is 6.32. The van der Waals surface area contributed by atoms with Crippen LogP contribution in [0.3, 0.4) is 0 Å². The number of pyridine rings is 1. The maximum atomic E-state index is 14.2. The predicted octanol–water partition coefficient (Wildman–Crippen LogP) is 4.07. The van der Waals surface area contributed by atoms with E-state index in [0.29, 0.717) is 40.7 Å². The zero-order valence-electron chi connectivity index (χ0n) is 20.5. The first kappa shape index (κ1) is 24.1. The number of aromatic nitrogens is 1. The lowest BCUT2D eigenvalue weighted by Gasteiger charge is -2.41. The van der Waals surface area contributed by atoms with Crippen molar-refractivity contribution in [1.29, 1.82) is 0 Å². The monoisotopic (exact) mass is 475 g/mol. The number of nitrogens with zero attached hydrogens (tertiary/aromatic N) is 3. The summed E-state index contributed by atoms with van der Waals surface area (Å²) in [5.41, 5.74) is 2.37. The third-order valence-corrected chi connectivity index (χ3v) is 6.32. The number of methoxy groups -OCH3 is 2. The van der Waals surface area contributed by atoms with Crippen LogP contribution in [0.2, 0.25) is 0 Å². The summed E-state index contributed by atoms with van der Waals surface area (Å²) < 4.78 is 16.7. The van der Waals surface area contributed by atoms with Gasteiger partial charge < -0.3 is 24.0 Å². The molecule has 1 aliphatic heterocycles. The van der Waals surface area contributed by atoms with Crippen LogP contribution in [0.15, 0.2) is 60.9 Å². The third kappa shape index (κ3) is 4.27. The molecule has 35 heavy (non-hydrogen) atoms. The molecule has 0 saturated carbocycles. The van der Waals surface area contributed by atoms with E-state index in [2.05, 4.69) is 4.98 Å². The van der Waals surface area contributed by atoms with E-state index in [1.807, 2.05) is 37.3 Å². The van der Waals surface area contributed by atoms with Gasteiger partial charge in [-0.2, -0.15) is 0 Å². The molecular weight excluding hydrogens is 446 g/mol. The standard InChI is InChI=1S/C27H29N3O5/c1-6-35-21-12-8-7-11-20(21)29(2)27(32)24-18-14-22(33-4)23(34-5)15-19(18)26(31)30(3)25(24)17-10-9-13-28-16-17/h7-16,24-25H,6H2,1-5H3/t24-,25+/m0/s1. The average Bonchev–Trinajstić information content (AvgIpc) is 2.90. The number of amides is 2. The maximum Gasteiger partial charge on any atom is 0.254 e. The lowest BCUT2D eigenvalue weighted by molar-refractivity contribution is -0.121. The first-order valence-corrected chi connectivity index (χ1v) is 11.3. The van der Waals surface area contributed by atoms with Gasteiger partial charge in [0.2, 0.25) is 5.91 Å². The van der Waals surface area contributed by atoms with Gasteiger partial charge in [0, 0.05) is 32.1 Å². The number of likely N-dealkylation sites (N-methyl/N-ethyl adjacent to an activating group) is 2. The Balaban J connectivity index is 1.91. The largest absolute Gasteiger partial charge is 0.493 e. The summed E-state index contributed by atoms with van der Waals surface area (Å²) in [4.78, 5) is 35.2. The fourth-order valence-corrected chi connectivity index (χ4v) is 4.62. The van der Waals surface area contributed by atoms with E-state index in [1.165, 1.54) is 14.2 Å². The minimum Gasteiger partial charge on any atom is -0.493 e. The number of hydrogen-bond acceptors (Lipinski definition) is 6. The number of ether oxygens (including phenoxy) is 3. The fraction of sp³-hybridized carbons (Fsp3) is 0.296. The fourth-order valence-electron chi connectivity index (χ4n) is 4.62. The Morgan fingerprint density at radius 2 is 1.77 bits per heavy atom. The van der Waals surface area contributed by atoms with Crippen molar-refractivity contribution in [1.82, 2.24) is 9.88 Å². The molecule has 2 heterocycles. The van der Waals surface area contributed by atoms with Gasteiger partial charge in [-0.3, -0.25) is 14.6 Å². The minimum atomic E-state index is -0.726. The number of rotatable bonds is 7. The highest BCUT2D eigenvalue weighted by Crippen LogP contribution is 2.46. The molecule has 0 saturated heterocycles. The van der Waals surface area contributed by atoms with Crippen LogP contribution in [0.4, 0.5) is 5.69 Å². The lowest BCUT2D eigenvalue weighted by Crippen LogP contribution is -2.46. The van der Waals surface area contributed by atoms with Crippen LogP contribution in [0.5, 0.6) is 17.2 Å². The van der Waals surface area contributed by atoms with E-state index in [1.54, 1.807) is 54.5 Å². The molecule has 0 radical (unpaired) electrons. The van der Waals surface area contributed by atoms with Gasteiger partial charge in [0.1, 0.15) is 5.75 Å². The lowest BCUT2D eigenvalue weighted by atomic mass is 9.79. The maximum absolute atomic E-state index is 14.2. The molecule has 1 aromatic heterocycles. The second-order valence-electron chi connectivity index (χ2n) is 8.22. The zero-order valence-corrected chi connectivity index (χ0v) is 20.5. The number of fused-ring (bicyclic) bond motifs is 1. The number of carbonyl (C=O) groups is 2. The summed E-state index contributed by atoms with van der Waals surface area (Å²) in [6, 6.07) is 13.9. The van der Waals surface area contributed by atoms with Crippen molar-refractivity contribution in [3.05, 3.63) is 77.6 Å². The van der Waals surface area contributed by atoms with Crippen LogP contribution in [0.1, 0.15) is 40.4 Å². The molecule has 2 aromatic carbocycles. The molecule has 0 spiro atoms. The first-order chi connectivity index (χ1) is 16.9. The molecule has 4 rings (SSSR count). The Kier molecular flexibility index (Phi) is 6.91. The number of benzene rings is 2. The molecule has 0 N–H and O–H groups in total. The van der Waals surface area contributed by atoms with Crippen molar-refractivity contribution in [2.24, 2.45) is 0 Å². The van der Waals surface area contributed by atoms with Gasteiger partial charge in [-0.15, -0.1) is 0 Å². The normalized spacial score (nSPS) is 16.9. The molecule has 0 bridgehead atoms. The molecule has 8 nitrogen and oxygen atoms in total. The Labute approximate surface area is 205 Å². The van der Waals surface area contributed by atoms with Gasteiger partial charge in [0.05, 0.1) is 38.5 Å². The van der Waals surface area contributed by atoms with E-state index >= 15 is 0 Å². The SMILES string of the molecule is CCOc1ccccc1N(C)C(=O)[C@H]1c2cc(OC)c(OC)cc2C(=O)N(C)[C@@H]1c1cccnc1. The second-order valence-corrected chi connectivity index (χ2v) is 8.22. The predicted molar refractivity (Wildman–Crippen MR) is 132 cm³/mol. The number of carbonyl (C=O) groups excluding carboxylic acids is 2. The zero-order chi connectivity index (χ0) is 25.1. The Bertz CT molecular complexity index is 1230. The highest BCUT2D eigenvalue weighted by molar-refractivity contribution is 6.06. The van der Waals surface area contributed by atoms with Crippen molar-refractivity contribution in [3.8, 4) is 17.2 Å². The van der Waals surface area contributed by atoms with Crippen LogP contribution in [-0.4, -0.2) is 56.6 Å². The molecule has 182 valence electrons. The van der Waals surface area contributed by atoms with Gasteiger partial charge in [0.15, 0.2) is 11.5 Å². The van der Waals surface area contributed by atoms with Crippen LogP contribution in [0, 0.1) is 0 Å². The molecule has 1 aliphatic rings. The first-order valence-electron chi connectivity index (χ1n) is 11.3. The summed E-state index contributed by atoms with van der Waals surface area (Å²) >= 11 is 0. The number of para-hydroxylation sites is 2. The van der Waals surface area contributed by atoms with Crippen LogP contribution < -0.4 is 19.1 Å². The Morgan fingerprint density at radius 3 is 2.43 bits per heavy atom. The summed E-state index contributed by atoms with van der Waals surface area (Å²) in [6.45, 7) is 2.37. The molecule has 2 amide bonds. The van der Waals surface area contributed by atoms with Crippen molar-refractivity contribution in [3.63, 3.8) is 0 Å². The molecule has 0 unspecified atom stereocenters. The van der Waals surface area contributed by atoms with E-state index < -0.39 is 12.0 Å². The Hall–Kier alpha value is -4.07. The summed E-state index contributed by atoms with van der Waals surface area (Å²) in [5, 5.41) is 0. The van der Waals surface area contributed by atoms with Gasteiger partial charge in [-0.25, -0.2) is 0 Å². The van der Waals surface area contributed by atoms with Crippen LogP contribution >= 0.6 is 0 Å². The van der Waals surface area contributed by atoms with Crippen molar-refractivity contribution in [2.45, 2.75) is 18.9 Å². The van der Waals surface area contributed by atoms with E-state index in [-0.39, 0.29) is 11.8 Å². The second kappa shape index (κ2) is 10.0. The molecule has 2 atom stereocenters. The summed E-state index contributed by atoms with van der Waals surface area (Å²) in [7, 11) is 6.47. The molecular formula is C27H29N3O5. The van der Waals surface area contributed by atoms with Crippen molar-refractivity contribution in [2.75, 3.05) is 39.8 Å².